The van der Waals surface area contributed by atoms with E-state index in [9.17, 15) is 0 Å². The van der Waals surface area contributed by atoms with Gasteiger partial charge in [-0.15, -0.1) is 9.13 Å². The summed E-state index contributed by atoms with van der Waals surface area (Å²) in [5.41, 5.74) is 2.94. The van der Waals surface area contributed by atoms with Crippen LogP contribution in [-0.2, 0) is 12.8 Å². The number of fused-ring (bicyclic) bond motifs is 5. The summed E-state index contributed by atoms with van der Waals surface area (Å²) in [6, 6.07) is 13.1. The highest BCUT2D eigenvalue weighted by Gasteiger charge is 2.52. The fourth-order valence-electron chi connectivity index (χ4n) is 3.25. The van der Waals surface area contributed by atoms with Crippen molar-refractivity contribution in [1.29, 1.82) is 0 Å². The van der Waals surface area contributed by atoms with E-state index >= 15 is 0 Å². The first-order valence-electron chi connectivity index (χ1n) is 5.91. The van der Waals surface area contributed by atoms with Crippen molar-refractivity contribution in [3.05, 3.63) is 60.2 Å². The molecule has 2 nitrogen and oxygen atoms in total. The second-order valence-corrected chi connectivity index (χ2v) is 4.78. The standard InChI is InChI=1S/C14H14N2/c1-3-7-15-12(5-1)9-11-10-13-6-2-4-8-16(13)14(11)15/h1-8,11,14H,9-10H2/q+2. The number of pyridine rings is 2. The van der Waals surface area contributed by atoms with Gasteiger partial charge in [0.1, 0.15) is 5.92 Å². The van der Waals surface area contributed by atoms with E-state index in [0.717, 1.165) is 5.92 Å². The van der Waals surface area contributed by atoms with Crippen molar-refractivity contribution in [2.45, 2.75) is 19.0 Å². The first kappa shape index (κ1) is 8.45. The van der Waals surface area contributed by atoms with Crippen LogP contribution in [0.5, 0.6) is 0 Å². The number of hydrogen-bond acceptors (Lipinski definition) is 0. The molecule has 2 heteroatoms. The Morgan fingerprint density at radius 1 is 0.812 bits per heavy atom. The van der Waals surface area contributed by atoms with Crippen molar-refractivity contribution >= 4 is 0 Å². The zero-order chi connectivity index (χ0) is 10.5. The van der Waals surface area contributed by atoms with Gasteiger partial charge in [0.2, 0.25) is 0 Å². The maximum absolute atomic E-state index is 2.43. The first-order chi connectivity index (χ1) is 7.93. The lowest BCUT2D eigenvalue weighted by atomic mass is 10.0. The summed E-state index contributed by atoms with van der Waals surface area (Å²) in [4.78, 5) is 0. The molecule has 4 rings (SSSR count). The molecule has 0 atom stereocenters. The molecule has 16 heavy (non-hydrogen) atoms. The molecule has 2 aromatic rings. The SMILES string of the molecule is c1cc[n+]2c(c1)CC1Cc3cccc[n+]3C12. The molecule has 0 radical (unpaired) electrons. The summed E-state index contributed by atoms with van der Waals surface area (Å²) in [5, 5.41) is 0. The summed E-state index contributed by atoms with van der Waals surface area (Å²) >= 11 is 0. The minimum Gasteiger partial charge on any atom is -0.141 e. The van der Waals surface area contributed by atoms with E-state index in [1.54, 1.807) is 0 Å². The van der Waals surface area contributed by atoms with Gasteiger partial charge in [-0.25, -0.2) is 0 Å². The van der Waals surface area contributed by atoms with Gasteiger partial charge in [-0.05, 0) is 0 Å². The van der Waals surface area contributed by atoms with Gasteiger partial charge in [0.05, 0.1) is 0 Å². The highest BCUT2D eigenvalue weighted by atomic mass is 15.2. The Labute approximate surface area is 94.8 Å². The van der Waals surface area contributed by atoms with Gasteiger partial charge in [0.15, 0.2) is 23.8 Å². The molecule has 2 aliphatic rings. The number of nitrogens with zero attached hydrogens (tertiary/aromatic N) is 2. The van der Waals surface area contributed by atoms with Crippen LogP contribution in [0.2, 0.25) is 0 Å². The van der Waals surface area contributed by atoms with Crippen molar-refractivity contribution in [3.8, 4) is 0 Å². The fourth-order valence-corrected chi connectivity index (χ4v) is 3.25. The molecule has 0 aromatic carbocycles. The molecule has 0 saturated heterocycles. The van der Waals surface area contributed by atoms with Gasteiger partial charge in [-0.1, -0.05) is 12.1 Å². The van der Waals surface area contributed by atoms with E-state index in [4.69, 9.17) is 0 Å². The van der Waals surface area contributed by atoms with Crippen LogP contribution in [0.4, 0.5) is 0 Å². The molecular weight excluding hydrogens is 196 g/mol. The van der Waals surface area contributed by atoms with Gasteiger partial charge in [0.25, 0.3) is 0 Å². The maximum Gasteiger partial charge on any atom is 0.356 e. The average Bonchev–Trinajstić information content (AvgIpc) is 2.83. The van der Waals surface area contributed by atoms with E-state index < -0.39 is 0 Å². The van der Waals surface area contributed by atoms with Crippen LogP contribution in [0.15, 0.2) is 48.8 Å². The van der Waals surface area contributed by atoms with Crippen molar-refractivity contribution in [3.63, 3.8) is 0 Å². The van der Waals surface area contributed by atoms with Crippen LogP contribution in [0, 0.1) is 5.92 Å². The zero-order valence-electron chi connectivity index (χ0n) is 9.08. The predicted molar refractivity (Wildman–Crippen MR) is 58.6 cm³/mol. The van der Waals surface area contributed by atoms with E-state index in [2.05, 4.69) is 57.9 Å². The van der Waals surface area contributed by atoms with Gasteiger partial charge in [-0.2, -0.15) is 0 Å². The second kappa shape index (κ2) is 2.91. The van der Waals surface area contributed by atoms with E-state index in [1.807, 2.05) is 0 Å². The van der Waals surface area contributed by atoms with E-state index in [0.29, 0.717) is 6.17 Å². The number of hydrogen-bond donors (Lipinski definition) is 0. The highest BCUT2D eigenvalue weighted by molar-refractivity contribution is 5.07. The lowest BCUT2D eigenvalue weighted by molar-refractivity contribution is -0.937. The Morgan fingerprint density at radius 2 is 1.38 bits per heavy atom. The summed E-state index contributed by atoms with van der Waals surface area (Å²) in [6.07, 6.45) is 7.39. The second-order valence-electron chi connectivity index (χ2n) is 4.78. The first-order valence-corrected chi connectivity index (χ1v) is 5.91. The average molecular weight is 210 g/mol. The molecule has 0 bridgehead atoms. The van der Waals surface area contributed by atoms with Gasteiger partial charge in [0, 0.05) is 37.1 Å². The number of aromatic nitrogens is 2. The van der Waals surface area contributed by atoms with Crippen LogP contribution < -0.4 is 9.13 Å². The Balaban J connectivity index is 1.93. The molecule has 78 valence electrons. The molecule has 0 fully saturated rings. The maximum atomic E-state index is 2.43. The number of rotatable bonds is 0. The van der Waals surface area contributed by atoms with E-state index in [-0.39, 0.29) is 0 Å². The zero-order valence-corrected chi connectivity index (χ0v) is 9.08. The molecule has 0 amide bonds. The predicted octanol–water partition coefficient (Wildman–Crippen LogP) is 1.04. The highest BCUT2D eigenvalue weighted by Crippen LogP contribution is 2.29. The van der Waals surface area contributed by atoms with Crippen molar-refractivity contribution < 1.29 is 9.13 Å². The molecule has 2 aromatic heterocycles. The minimum atomic E-state index is 0.521. The molecule has 0 saturated carbocycles. The Hall–Kier alpha value is -1.70. The van der Waals surface area contributed by atoms with Crippen LogP contribution in [-0.4, -0.2) is 0 Å². The molecule has 4 heterocycles. The van der Waals surface area contributed by atoms with Crippen molar-refractivity contribution in [2.24, 2.45) is 5.92 Å². The Kier molecular flexibility index (Phi) is 1.54. The lowest BCUT2D eigenvalue weighted by Gasteiger charge is -2.00. The summed E-state index contributed by atoms with van der Waals surface area (Å²) < 4.78 is 4.86. The normalized spacial score (nSPS) is 25.0. The minimum absolute atomic E-state index is 0.521. The van der Waals surface area contributed by atoms with Crippen LogP contribution in [0.1, 0.15) is 17.6 Å². The van der Waals surface area contributed by atoms with Gasteiger partial charge < -0.3 is 0 Å². The third kappa shape index (κ3) is 0.967. The monoisotopic (exact) mass is 210 g/mol. The largest absolute Gasteiger partial charge is 0.356 e. The molecular formula is C14H14N2+2. The summed E-state index contributed by atoms with van der Waals surface area (Å²) in [6.45, 7) is 0. The topological polar surface area (TPSA) is 7.76 Å². The summed E-state index contributed by atoms with van der Waals surface area (Å²) in [7, 11) is 0. The quantitative estimate of drug-likeness (QED) is 0.574. The van der Waals surface area contributed by atoms with Crippen molar-refractivity contribution in [1.82, 2.24) is 0 Å². The van der Waals surface area contributed by atoms with E-state index in [1.165, 1.54) is 24.2 Å². The molecule has 2 aliphatic heterocycles. The Morgan fingerprint density at radius 3 is 1.94 bits per heavy atom. The molecule has 0 spiro atoms. The molecule has 0 N–H and O–H groups in total. The van der Waals surface area contributed by atoms with Crippen LogP contribution in [0.3, 0.4) is 0 Å². The molecule has 0 unspecified atom stereocenters. The van der Waals surface area contributed by atoms with Crippen LogP contribution >= 0.6 is 0 Å². The third-order valence-corrected chi connectivity index (χ3v) is 3.89. The van der Waals surface area contributed by atoms with Gasteiger partial charge in [-0.3, -0.25) is 0 Å². The third-order valence-electron chi connectivity index (χ3n) is 3.89. The fraction of sp³-hybridized carbons (Fsp3) is 0.286. The van der Waals surface area contributed by atoms with Crippen molar-refractivity contribution in [2.75, 3.05) is 0 Å². The Bertz CT molecular complexity index is 513. The summed E-state index contributed by atoms with van der Waals surface area (Å²) in [5.74, 6) is 0.754. The van der Waals surface area contributed by atoms with Gasteiger partial charge >= 0.3 is 6.17 Å². The smallest absolute Gasteiger partial charge is 0.141 e. The molecule has 0 aliphatic carbocycles. The van der Waals surface area contributed by atoms with Crippen LogP contribution in [0.25, 0.3) is 0 Å². The lowest BCUT2D eigenvalue weighted by Crippen LogP contribution is -2.55.